The third kappa shape index (κ3) is 6.01. The van der Waals surface area contributed by atoms with E-state index in [0.29, 0.717) is 11.3 Å². The topological polar surface area (TPSA) is 98.3 Å². The summed E-state index contributed by atoms with van der Waals surface area (Å²) in [7, 11) is 0. The van der Waals surface area contributed by atoms with E-state index < -0.39 is 9.85 Å². The molecule has 2 aromatic carbocycles. The SMILES string of the molecule is CCCCCC[C@H](C)c1cc(N[C@H](C)c2ccccc2)c([N+](=O)[O-])cc1[N+](=O)[O-]. The Balaban J connectivity index is 2.38. The van der Waals surface area contributed by atoms with Crippen molar-refractivity contribution in [2.45, 2.75) is 64.8 Å². The number of nitro groups is 2. The summed E-state index contributed by atoms with van der Waals surface area (Å²) in [6.45, 7) is 6.00. The molecule has 0 saturated carbocycles. The predicted molar refractivity (Wildman–Crippen MR) is 115 cm³/mol. The fraction of sp³-hybridized carbons (Fsp3) is 0.455. The standard InChI is InChI=1S/C22H29N3O4/c1-4-5-6-8-11-16(2)19-14-20(22(25(28)29)15-21(19)24(26)27)23-17(3)18-12-9-7-10-13-18/h7,9-10,12-17,23H,4-6,8,11H2,1-3H3/t16-,17+/m0/s1. The number of nitro benzene ring substituents is 2. The minimum atomic E-state index is -0.567. The minimum absolute atomic E-state index is 0.0550. The van der Waals surface area contributed by atoms with Crippen molar-refractivity contribution >= 4 is 17.1 Å². The lowest BCUT2D eigenvalue weighted by molar-refractivity contribution is -0.394. The molecule has 156 valence electrons. The van der Waals surface area contributed by atoms with Gasteiger partial charge in [-0.2, -0.15) is 0 Å². The van der Waals surface area contributed by atoms with Crippen molar-refractivity contribution in [3.63, 3.8) is 0 Å². The van der Waals surface area contributed by atoms with Crippen LogP contribution in [0.25, 0.3) is 0 Å². The molecule has 0 fully saturated rings. The van der Waals surface area contributed by atoms with Crippen molar-refractivity contribution in [2.75, 3.05) is 5.32 Å². The Hall–Kier alpha value is -2.96. The Labute approximate surface area is 171 Å². The van der Waals surface area contributed by atoms with Crippen molar-refractivity contribution in [2.24, 2.45) is 0 Å². The molecule has 0 unspecified atom stereocenters. The Morgan fingerprint density at radius 3 is 2.17 bits per heavy atom. The maximum atomic E-state index is 11.6. The van der Waals surface area contributed by atoms with Crippen LogP contribution in [0.15, 0.2) is 42.5 Å². The largest absolute Gasteiger partial charge is 0.373 e. The van der Waals surface area contributed by atoms with Crippen LogP contribution in [0.1, 0.15) is 76.0 Å². The lowest BCUT2D eigenvalue weighted by atomic mass is 9.92. The van der Waals surface area contributed by atoms with Gasteiger partial charge < -0.3 is 5.32 Å². The number of nitrogens with zero attached hydrogens (tertiary/aromatic N) is 2. The summed E-state index contributed by atoms with van der Waals surface area (Å²) in [6.07, 6.45) is 5.13. The molecule has 1 N–H and O–H groups in total. The zero-order chi connectivity index (χ0) is 21.4. The molecule has 0 heterocycles. The molecule has 29 heavy (non-hydrogen) atoms. The summed E-state index contributed by atoms with van der Waals surface area (Å²) in [5.74, 6) is -0.0550. The quantitative estimate of drug-likeness (QED) is 0.256. The third-order valence-electron chi connectivity index (χ3n) is 5.23. The first-order chi connectivity index (χ1) is 13.8. The number of nitrogens with one attached hydrogen (secondary N) is 1. The molecule has 2 aromatic rings. The maximum Gasteiger partial charge on any atom is 0.299 e. The van der Waals surface area contributed by atoms with Gasteiger partial charge in [-0.1, -0.05) is 69.9 Å². The number of anilines is 1. The van der Waals surface area contributed by atoms with Crippen molar-refractivity contribution in [1.29, 1.82) is 0 Å². The molecule has 0 aliphatic rings. The Morgan fingerprint density at radius 1 is 0.931 bits per heavy atom. The summed E-state index contributed by atoms with van der Waals surface area (Å²) in [5.41, 5.74) is 1.38. The maximum absolute atomic E-state index is 11.6. The normalized spacial score (nSPS) is 12.9. The van der Waals surface area contributed by atoms with Gasteiger partial charge in [0, 0.05) is 11.6 Å². The second-order valence-corrected chi connectivity index (χ2v) is 7.47. The molecule has 0 aliphatic carbocycles. The fourth-order valence-electron chi connectivity index (χ4n) is 3.50. The molecule has 2 atom stereocenters. The molecule has 0 aromatic heterocycles. The smallest absolute Gasteiger partial charge is 0.299 e. The van der Waals surface area contributed by atoms with E-state index in [-0.39, 0.29) is 23.3 Å². The van der Waals surface area contributed by atoms with Gasteiger partial charge in [0.1, 0.15) is 5.69 Å². The first-order valence-corrected chi connectivity index (χ1v) is 10.1. The number of rotatable bonds is 11. The summed E-state index contributed by atoms with van der Waals surface area (Å²) in [5, 5.41) is 26.4. The van der Waals surface area contributed by atoms with Gasteiger partial charge in [-0.05, 0) is 30.9 Å². The number of benzene rings is 2. The fourth-order valence-corrected chi connectivity index (χ4v) is 3.50. The predicted octanol–water partition coefficient (Wildman–Crippen LogP) is 6.75. The lowest BCUT2D eigenvalue weighted by Crippen LogP contribution is -2.10. The molecule has 0 radical (unpaired) electrons. The molecule has 7 heteroatoms. The van der Waals surface area contributed by atoms with E-state index in [2.05, 4.69) is 12.2 Å². The van der Waals surface area contributed by atoms with Crippen LogP contribution in [0.2, 0.25) is 0 Å². The van der Waals surface area contributed by atoms with E-state index in [1.165, 1.54) is 0 Å². The number of hydrogen-bond donors (Lipinski definition) is 1. The molecule has 0 spiro atoms. The van der Waals surface area contributed by atoms with Crippen molar-refractivity contribution in [1.82, 2.24) is 0 Å². The van der Waals surface area contributed by atoms with Crippen molar-refractivity contribution in [3.8, 4) is 0 Å². The molecular formula is C22H29N3O4. The van der Waals surface area contributed by atoms with Gasteiger partial charge in [-0.25, -0.2) is 0 Å². The van der Waals surface area contributed by atoms with Gasteiger partial charge in [0.25, 0.3) is 11.4 Å². The zero-order valence-corrected chi connectivity index (χ0v) is 17.3. The first-order valence-electron chi connectivity index (χ1n) is 10.1. The van der Waals surface area contributed by atoms with Crippen molar-refractivity contribution in [3.05, 3.63) is 73.8 Å². The highest BCUT2D eigenvalue weighted by Crippen LogP contribution is 2.39. The molecule has 0 bridgehead atoms. The average Bonchev–Trinajstić information content (AvgIpc) is 2.71. The Morgan fingerprint density at radius 2 is 1.59 bits per heavy atom. The third-order valence-corrected chi connectivity index (χ3v) is 5.23. The van der Waals surface area contributed by atoms with E-state index in [0.717, 1.165) is 43.7 Å². The molecule has 0 amide bonds. The van der Waals surface area contributed by atoms with Crippen LogP contribution in [0.5, 0.6) is 0 Å². The van der Waals surface area contributed by atoms with Gasteiger partial charge in [-0.15, -0.1) is 0 Å². The van der Waals surface area contributed by atoms with Crippen LogP contribution >= 0.6 is 0 Å². The van der Waals surface area contributed by atoms with E-state index in [1.807, 2.05) is 44.2 Å². The summed E-state index contributed by atoms with van der Waals surface area (Å²) >= 11 is 0. The van der Waals surface area contributed by atoms with Crippen LogP contribution in [0.4, 0.5) is 17.1 Å². The van der Waals surface area contributed by atoms with Gasteiger partial charge in [0.2, 0.25) is 0 Å². The summed E-state index contributed by atoms with van der Waals surface area (Å²) in [4.78, 5) is 22.1. The molecule has 0 aliphatic heterocycles. The lowest BCUT2D eigenvalue weighted by Gasteiger charge is -2.18. The van der Waals surface area contributed by atoms with Crippen LogP contribution in [-0.2, 0) is 0 Å². The monoisotopic (exact) mass is 399 g/mol. The van der Waals surface area contributed by atoms with Crippen molar-refractivity contribution < 1.29 is 9.85 Å². The second-order valence-electron chi connectivity index (χ2n) is 7.47. The van der Waals surface area contributed by atoms with Gasteiger partial charge >= 0.3 is 0 Å². The Kier molecular flexibility index (Phi) is 8.12. The highest BCUT2D eigenvalue weighted by Gasteiger charge is 2.27. The average molecular weight is 399 g/mol. The van der Waals surface area contributed by atoms with E-state index in [4.69, 9.17) is 0 Å². The summed E-state index contributed by atoms with van der Waals surface area (Å²) < 4.78 is 0. The van der Waals surface area contributed by atoms with Gasteiger partial charge in [0.15, 0.2) is 0 Å². The van der Waals surface area contributed by atoms with Crippen LogP contribution in [-0.4, -0.2) is 9.85 Å². The van der Waals surface area contributed by atoms with E-state index in [9.17, 15) is 20.2 Å². The highest BCUT2D eigenvalue weighted by atomic mass is 16.6. The number of unbranched alkanes of at least 4 members (excludes halogenated alkanes) is 3. The number of hydrogen-bond acceptors (Lipinski definition) is 5. The van der Waals surface area contributed by atoms with Crippen LogP contribution < -0.4 is 5.32 Å². The molecule has 2 rings (SSSR count). The summed E-state index contributed by atoms with van der Waals surface area (Å²) in [6, 6.07) is 12.1. The Bertz CT molecular complexity index is 839. The van der Waals surface area contributed by atoms with Gasteiger partial charge in [0.05, 0.1) is 15.9 Å². The van der Waals surface area contributed by atoms with Gasteiger partial charge in [-0.3, -0.25) is 20.2 Å². The van der Waals surface area contributed by atoms with E-state index in [1.54, 1.807) is 6.07 Å². The zero-order valence-electron chi connectivity index (χ0n) is 17.3. The first kappa shape index (κ1) is 22.3. The molecular weight excluding hydrogens is 370 g/mol. The molecule has 7 nitrogen and oxygen atoms in total. The van der Waals surface area contributed by atoms with Crippen LogP contribution in [0, 0.1) is 20.2 Å². The van der Waals surface area contributed by atoms with Crippen LogP contribution in [0.3, 0.4) is 0 Å². The minimum Gasteiger partial charge on any atom is -0.373 e. The van der Waals surface area contributed by atoms with E-state index >= 15 is 0 Å². The second kappa shape index (κ2) is 10.5. The highest BCUT2D eigenvalue weighted by molar-refractivity contribution is 5.69. The molecule has 0 saturated heterocycles.